The number of aliphatic carboxylic acids is 2. The van der Waals surface area contributed by atoms with E-state index >= 15 is 9.59 Å². The molecule has 1 aliphatic rings. The van der Waals surface area contributed by atoms with Crippen LogP contribution in [0, 0.1) is 5.92 Å². The van der Waals surface area contributed by atoms with Crippen molar-refractivity contribution in [1.82, 2.24) is 58.1 Å². The van der Waals surface area contributed by atoms with Gasteiger partial charge in [-0.1, -0.05) is 92.2 Å². The summed E-state index contributed by atoms with van der Waals surface area (Å²) in [4.78, 5) is 183. The first-order chi connectivity index (χ1) is 47.4. The van der Waals surface area contributed by atoms with Crippen LogP contribution in [0.5, 0.6) is 5.75 Å². The summed E-state index contributed by atoms with van der Waals surface area (Å²) < 4.78 is 0. The zero-order valence-corrected chi connectivity index (χ0v) is 56.7. The van der Waals surface area contributed by atoms with Crippen LogP contribution in [0.25, 0.3) is 10.8 Å². The van der Waals surface area contributed by atoms with Gasteiger partial charge in [-0.2, -0.15) is 0 Å². The van der Waals surface area contributed by atoms with Gasteiger partial charge in [0, 0.05) is 44.3 Å². The summed E-state index contributed by atoms with van der Waals surface area (Å²) >= 11 is 6.12. The maximum atomic E-state index is 15.1. The maximum absolute atomic E-state index is 15.1. The van der Waals surface area contributed by atoms with Gasteiger partial charge in [-0.3, -0.25) is 67.3 Å². The van der Waals surface area contributed by atoms with Crippen molar-refractivity contribution < 1.29 is 82.8 Å². The maximum Gasteiger partial charge on any atom is 0.325 e. The largest absolute Gasteiger partial charge is 0.508 e. The summed E-state index contributed by atoms with van der Waals surface area (Å²) in [5.41, 5.74) is 18.3. The third-order valence-corrected chi connectivity index (χ3v) is 16.3. The first kappa shape index (κ1) is 80.2. The molecule has 1 saturated heterocycles. The van der Waals surface area contributed by atoms with Gasteiger partial charge >= 0.3 is 11.9 Å². The minimum Gasteiger partial charge on any atom is -0.508 e. The highest BCUT2D eigenvalue weighted by Crippen LogP contribution is 2.22. The number of nitrogens with one attached hydrogen (secondary N) is 10. The number of benzene rings is 4. The van der Waals surface area contributed by atoms with Crippen molar-refractivity contribution in [3.63, 3.8) is 0 Å². The molecule has 1 aliphatic heterocycles. The molecule has 5 rings (SSSR count). The number of phenols is 1. The Morgan fingerprint density at radius 1 is 0.590 bits per heavy atom. The highest BCUT2D eigenvalue weighted by Gasteiger charge is 2.40. The van der Waals surface area contributed by atoms with Crippen LogP contribution in [-0.2, 0) is 81.6 Å². The number of rotatable bonds is 39. The van der Waals surface area contributed by atoms with E-state index < -0.39 is 157 Å². The first-order valence-electron chi connectivity index (χ1n) is 32.5. The molecule has 1 heterocycles. The molecule has 0 saturated carbocycles. The van der Waals surface area contributed by atoms with Crippen LogP contribution in [0.1, 0.15) is 95.8 Å². The summed E-state index contributed by atoms with van der Waals surface area (Å²) in [6.07, 6.45) is -1.01. The third-order valence-electron chi connectivity index (χ3n) is 16.0. The minimum atomic E-state index is -1.86. The molecule has 4 aromatic carbocycles. The Morgan fingerprint density at radius 3 is 1.63 bits per heavy atom. The van der Waals surface area contributed by atoms with Crippen molar-refractivity contribution in [3.05, 3.63) is 113 Å². The molecular weight excluding hydrogens is 1320 g/mol. The molecule has 0 radical (unpaired) electrons. The number of aliphatic hydroxyl groups is 1. The van der Waals surface area contributed by atoms with Crippen molar-refractivity contribution in [2.45, 2.75) is 159 Å². The van der Waals surface area contributed by atoms with E-state index in [1.807, 2.05) is 18.2 Å². The summed E-state index contributed by atoms with van der Waals surface area (Å²) in [6.45, 7) is 4.09. The van der Waals surface area contributed by atoms with Crippen LogP contribution in [-0.4, -0.2) is 201 Å². The topological polar surface area (TPSA) is 517 Å². The van der Waals surface area contributed by atoms with E-state index in [4.69, 9.17) is 33.9 Å². The summed E-state index contributed by atoms with van der Waals surface area (Å²) in [5, 5.41) is 66.6. The monoisotopic (exact) mass is 1410 g/mol. The Balaban J connectivity index is 1.45. The minimum absolute atomic E-state index is 0.0123. The lowest BCUT2D eigenvalue weighted by atomic mass is 9.98. The SMILES string of the molecule is CC(=O)N[C@H](CC(=O)NCC(=O)O)C(=O)N[C@H](Cc1ccc(Cl)cc1)C(=O)N[C@H](CCCN)C(=O)N[C@@H](CO)C(=O)N[C@@H](Cc1ccc(O)cc1)C(=O)N[C@H](Cc1ccc2ccccc2c1)C(=O)N[C@@H](CC(C)C)C(=O)N[C@@H](CCCN=C(N)N)C(=O)N1CCC[C@H]1C(=O)N[C@H](C)C(=O)O. The quantitative estimate of drug-likeness (QED) is 0.0132. The second-order valence-corrected chi connectivity index (χ2v) is 25.0. The van der Waals surface area contributed by atoms with Gasteiger partial charge in [-0.15, -0.1) is 0 Å². The standard InChI is InChI=1S/C67H90ClN15O17/c1-36(2)28-48(58(91)77-47(13-8-26-72-67(70)71)65(98)83-27-9-14-54(83)64(97)74-37(3)66(99)100)78-61(94)51(32-41-15-20-42-10-5-6-11-43(42)29-41)80-60(93)50(31-40-18-23-45(86)24-19-40)81-63(96)53(35-84)82-57(90)46(12-7-25-69)76-59(92)49(30-39-16-21-44(68)22-17-39)79-62(95)52(75-38(4)85)33-55(87)73-34-56(88)89/h5-6,10-11,15-24,29,36-37,46-54,84,86H,7-9,12-14,25-28,30-35,69H2,1-4H3,(H,73,87)(H,74,97)(H,75,85)(H,76,92)(H,77,91)(H,78,94)(H,79,95)(H,80,93)(H,81,96)(H,82,90)(H,88,89)(H,99,100)(H4,70,71,72)/t37-,46-,47+,48+,49-,50+,51-,52-,53+,54+/m1/s1. The molecular formula is C67H90ClN15O17. The number of likely N-dealkylation sites (tertiary alicyclic amines) is 1. The van der Waals surface area contributed by atoms with Gasteiger partial charge in [0.25, 0.3) is 0 Å². The van der Waals surface area contributed by atoms with E-state index in [1.165, 1.54) is 48.2 Å². The Labute approximate surface area is 581 Å². The predicted molar refractivity (Wildman–Crippen MR) is 366 cm³/mol. The number of halogens is 1. The number of amides is 11. The van der Waals surface area contributed by atoms with Gasteiger partial charge in [-0.05, 0) is 116 Å². The van der Waals surface area contributed by atoms with E-state index in [1.54, 1.807) is 50.2 Å². The molecule has 33 heteroatoms. The number of aliphatic hydroxyl groups excluding tert-OH is 1. The Morgan fingerprint density at radius 2 is 1.08 bits per heavy atom. The lowest BCUT2D eigenvalue weighted by Gasteiger charge is -2.31. The highest BCUT2D eigenvalue weighted by atomic mass is 35.5. The molecule has 0 aromatic heterocycles. The number of phenolic OH excluding ortho intramolecular Hbond substituents is 1. The molecule has 100 heavy (non-hydrogen) atoms. The summed E-state index contributed by atoms with van der Waals surface area (Å²) in [7, 11) is 0. The molecule has 20 N–H and O–H groups in total. The number of carboxylic acids is 2. The van der Waals surface area contributed by atoms with Gasteiger partial charge in [0.15, 0.2) is 5.96 Å². The molecule has 0 unspecified atom stereocenters. The van der Waals surface area contributed by atoms with Crippen molar-refractivity contribution in [3.8, 4) is 5.75 Å². The van der Waals surface area contributed by atoms with Crippen LogP contribution in [0.15, 0.2) is 96.0 Å². The lowest BCUT2D eigenvalue weighted by Crippen LogP contribution is -2.61. The van der Waals surface area contributed by atoms with Crippen molar-refractivity contribution in [1.29, 1.82) is 0 Å². The van der Waals surface area contributed by atoms with E-state index in [0.29, 0.717) is 28.1 Å². The molecule has 0 bridgehead atoms. The molecule has 0 aliphatic carbocycles. The molecule has 1 fully saturated rings. The first-order valence-corrected chi connectivity index (χ1v) is 32.9. The Kier molecular flexibility index (Phi) is 31.9. The fourth-order valence-electron chi connectivity index (χ4n) is 10.9. The smallest absolute Gasteiger partial charge is 0.325 e. The van der Waals surface area contributed by atoms with Gasteiger partial charge in [0.2, 0.25) is 65.0 Å². The number of carbonyl (C=O) groups excluding carboxylic acids is 11. The van der Waals surface area contributed by atoms with Crippen molar-refractivity contribution >= 4 is 105 Å². The van der Waals surface area contributed by atoms with Crippen molar-refractivity contribution in [2.75, 3.05) is 32.8 Å². The molecule has 10 atom stereocenters. The average Bonchev–Trinajstić information content (AvgIpc) is 1.48. The number of carboxylic acid groups (broad SMARTS) is 2. The van der Waals surface area contributed by atoms with Crippen LogP contribution in [0.3, 0.4) is 0 Å². The second-order valence-electron chi connectivity index (χ2n) is 24.6. The van der Waals surface area contributed by atoms with E-state index in [2.05, 4.69) is 58.2 Å². The number of nitrogens with zero attached hydrogens (tertiary/aromatic N) is 2. The number of guanidine groups is 1. The average molecular weight is 1410 g/mol. The normalized spacial score (nSPS) is 15.3. The molecule has 11 amide bonds. The van der Waals surface area contributed by atoms with E-state index in [0.717, 1.165) is 17.7 Å². The van der Waals surface area contributed by atoms with Crippen LogP contribution >= 0.6 is 11.6 Å². The Bertz CT molecular complexity index is 3580. The fourth-order valence-corrected chi connectivity index (χ4v) is 11.0. The number of aliphatic imine (C=N–C) groups is 1. The summed E-state index contributed by atoms with van der Waals surface area (Å²) in [5.74, 6) is -13.4. The highest BCUT2D eigenvalue weighted by molar-refractivity contribution is 6.30. The van der Waals surface area contributed by atoms with Crippen LogP contribution < -0.4 is 70.4 Å². The molecule has 4 aromatic rings. The lowest BCUT2D eigenvalue weighted by molar-refractivity contribution is -0.144. The van der Waals surface area contributed by atoms with Gasteiger partial charge in [0.1, 0.15) is 72.7 Å². The van der Waals surface area contributed by atoms with E-state index in [9.17, 15) is 68.1 Å². The van der Waals surface area contributed by atoms with Crippen molar-refractivity contribution in [2.24, 2.45) is 28.1 Å². The summed E-state index contributed by atoms with van der Waals surface area (Å²) in [6, 6.07) is 9.42. The van der Waals surface area contributed by atoms with Crippen LogP contribution in [0.2, 0.25) is 5.02 Å². The Hall–Kier alpha value is -10.5. The molecule has 542 valence electrons. The van der Waals surface area contributed by atoms with Gasteiger partial charge in [-0.25, -0.2) is 0 Å². The number of hydrogen-bond acceptors (Lipinski definition) is 17. The molecule has 0 spiro atoms. The molecule has 32 nitrogen and oxygen atoms in total. The van der Waals surface area contributed by atoms with Gasteiger partial charge in [0.05, 0.1) is 13.0 Å². The van der Waals surface area contributed by atoms with E-state index in [-0.39, 0.29) is 95.0 Å². The number of hydrogen-bond donors (Lipinski definition) is 17. The number of carbonyl (C=O) groups is 13. The zero-order chi connectivity index (χ0) is 73.8. The predicted octanol–water partition coefficient (Wildman–Crippen LogP) is -1.87. The third kappa shape index (κ3) is 26.4. The zero-order valence-electron chi connectivity index (χ0n) is 55.9. The second kappa shape index (κ2) is 39.8. The fraction of sp³-hybridized carbons (Fsp3) is 0.463. The number of aromatic hydroxyl groups is 1. The van der Waals surface area contributed by atoms with Gasteiger partial charge < -0.3 is 95.7 Å². The van der Waals surface area contributed by atoms with Crippen LogP contribution in [0.4, 0.5) is 0 Å². The number of fused-ring (bicyclic) bond motifs is 1. The number of nitrogens with two attached hydrogens (primary N) is 3.